The van der Waals surface area contributed by atoms with Gasteiger partial charge in [-0.3, -0.25) is 9.59 Å². The molecule has 0 aromatic heterocycles. The largest absolute Gasteiger partial charge is 0.397 e. The van der Waals surface area contributed by atoms with E-state index in [1.165, 1.54) is 25.7 Å². The number of halogens is 1. The highest BCUT2D eigenvalue weighted by Crippen LogP contribution is 2.29. The molecule has 0 heterocycles. The topological polar surface area (TPSA) is 84.2 Å². The van der Waals surface area contributed by atoms with Crippen LogP contribution in [0.4, 0.5) is 11.4 Å². The Kier molecular flexibility index (Phi) is 7.76. The molecule has 5 nitrogen and oxygen atoms in total. The van der Waals surface area contributed by atoms with Crippen LogP contribution in [0.3, 0.4) is 0 Å². The first kappa shape index (κ1) is 20.6. The molecule has 2 aliphatic carbocycles. The molecule has 0 radical (unpaired) electrons. The second-order valence-corrected chi connectivity index (χ2v) is 7.55. The maximum Gasteiger partial charge on any atom is 0.227 e. The Labute approximate surface area is 161 Å². The monoisotopic (exact) mass is 379 g/mol. The molecule has 144 valence electrons. The van der Waals surface area contributed by atoms with Crippen LogP contribution in [0.25, 0.3) is 0 Å². The minimum Gasteiger partial charge on any atom is -0.397 e. The molecule has 0 aliphatic heterocycles. The van der Waals surface area contributed by atoms with Crippen molar-refractivity contribution in [2.75, 3.05) is 11.1 Å². The van der Waals surface area contributed by atoms with Crippen molar-refractivity contribution >= 4 is 35.6 Å². The lowest BCUT2D eigenvalue weighted by atomic mass is 9.85. The van der Waals surface area contributed by atoms with E-state index in [1.807, 2.05) is 18.2 Å². The summed E-state index contributed by atoms with van der Waals surface area (Å²) in [5.74, 6) is 0.812. The van der Waals surface area contributed by atoms with Crippen molar-refractivity contribution in [3.8, 4) is 0 Å². The van der Waals surface area contributed by atoms with Crippen LogP contribution in [0, 0.1) is 11.8 Å². The summed E-state index contributed by atoms with van der Waals surface area (Å²) in [6.45, 7) is 0. The molecule has 26 heavy (non-hydrogen) atoms. The minimum atomic E-state index is 0. The van der Waals surface area contributed by atoms with Gasteiger partial charge in [0.2, 0.25) is 11.8 Å². The number of nitrogen functional groups attached to an aromatic ring is 1. The number of nitrogens with one attached hydrogen (secondary N) is 2. The summed E-state index contributed by atoms with van der Waals surface area (Å²) in [6, 6.07) is 7.54. The zero-order valence-corrected chi connectivity index (χ0v) is 16.0. The van der Waals surface area contributed by atoms with Gasteiger partial charge >= 0.3 is 0 Å². The van der Waals surface area contributed by atoms with Crippen LogP contribution in [-0.2, 0) is 9.59 Å². The number of hydrogen-bond acceptors (Lipinski definition) is 3. The van der Waals surface area contributed by atoms with Gasteiger partial charge in [-0.1, -0.05) is 25.0 Å². The Bertz CT molecular complexity index is 609. The lowest BCUT2D eigenvalue weighted by molar-refractivity contribution is -0.123. The summed E-state index contributed by atoms with van der Waals surface area (Å²) in [7, 11) is 0. The Hall–Kier alpha value is -1.75. The number of amides is 2. The van der Waals surface area contributed by atoms with Crippen molar-refractivity contribution in [1.82, 2.24) is 5.32 Å². The maximum atomic E-state index is 12.4. The van der Waals surface area contributed by atoms with Gasteiger partial charge in [0.1, 0.15) is 0 Å². The van der Waals surface area contributed by atoms with E-state index in [0.717, 1.165) is 25.7 Å². The second-order valence-electron chi connectivity index (χ2n) is 7.55. The number of carbonyl (C=O) groups excluding carboxylic acids is 2. The molecule has 1 aromatic carbocycles. The molecule has 0 bridgehead atoms. The van der Waals surface area contributed by atoms with Gasteiger partial charge in [-0.2, -0.15) is 0 Å². The first-order chi connectivity index (χ1) is 12.1. The molecule has 0 spiro atoms. The molecule has 3 rings (SSSR count). The Morgan fingerprint density at radius 3 is 2.31 bits per heavy atom. The summed E-state index contributed by atoms with van der Waals surface area (Å²) >= 11 is 0. The summed E-state index contributed by atoms with van der Waals surface area (Å²) in [6.07, 6.45) is 8.98. The van der Waals surface area contributed by atoms with Gasteiger partial charge in [0.15, 0.2) is 0 Å². The van der Waals surface area contributed by atoms with Gasteiger partial charge in [0, 0.05) is 18.4 Å². The van der Waals surface area contributed by atoms with E-state index in [2.05, 4.69) is 10.6 Å². The highest BCUT2D eigenvalue weighted by atomic mass is 35.5. The number of hydrogen-bond donors (Lipinski definition) is 3. The molecule has 0 atom stereocenters. The van der Waals surface area contributed by atoms with Crippen molar-refractivity contribution in [3.63, 3.8) is 0 Å². The number of nitrogens with two attached hydrogens (primary N) is 1. The molecule has 0 unspecified atom stereocenters. The third kappa shape index (κ3) is 5.63. The van der Waals surface area contributed by atoms with Gasteiger partial charge in [0.25, 0.3) is 0 Å². The van der Waals surface area contributed by atoms with Crippen LogP contribution in [0.5, 0.6) is 0 Å². The Balaban J connectivity index is 0.00000243. The number of para-hydroxylation sites is 2. The first-order valence-electron chi connectivity index (χ1n) is 9.56. The van der Waals surface area contributed by atoms with Crippen LogP contribution in [0.2, 0.25) is 0 Å². The summed E-state index contributed by atoms with van der Waals surface area (Å²) in [5, 5.41) is 6.11. The van der Waals surface area contributed by atoms with Crippen molar-refractivity contribution in [2.24, 2.45) is 11.8 Å². The van der Waals surface area contributed by atoms with E-state index in [-0.39, 0.29) is 36.2 Å². The quantitative estimate of drug-likeness (QED) is 0.678. The van der Waals surface area contributed by atoms with E-state index >= 15 is 0 Å². The number of rotatable bonds is 5. The molecule has 0 saturated heterocycles. The summed E-state index contributed by atoms with van der Waals surface area (Å²) in [5.41, 5.74) is 7.15. The average Bonchev–Trinajstić information content (AvgIpc) is 3.10. The summed E-state index contributed by atoms with van der Waals surface area (Å²) < 4.78 is 0. The Morgan fingerprint density at radius 2 is 1.65 bits per heavy atom. The van der Waals surface area contributed by atoms with Crippen LogP contribution in [-0.4, -0.2) is 17.9 Å². The molecule has 1 aromatic rings. The summed E-state index contributed by atoms with van der Waals surface area (Å²) in [4.78, 5) is 24.6. The van der Waals surface area contributed by atoms with E-state index in [9.17, 15) is 9.59 Å². The highest BCUT2D eigenvalue weighted by molar-refractivity contribution is 5.95. The van der Waals surface area contributed by atoms with Gasteiger partial charge in [-0.25, -0.2) is 0 Å². The fourth-order valence-corrected chi connectivity index (χ4v) is 4.11. The van der Waals surface area contributed by atoms with Gasteiger partial charge in [-0.15, -0.1) is 12.4 Å². The normalized spacial score (nSPS) is 23.1. The molecule has 2 aliphatic rings. The predicted molar refractivity (Wildman–Crippen MR) is 107 cm³/mol. The van der Waals surface area contributed by atoms with Gasteiger partial charge < -0.3 is 16.4 Å². The van der Waals surface area contributed by atoms with Crippen molar-refractivity contribution < 1.29 is 9.59 Å². The molecule has 4 N–H and O–H groups in total. The SMILES string of the molecule is Cl.Nc1ccccc1NC(=O)C1CCC(NC(=O)CC2CCCC2)CC1. The maximum absolute atomic E-state index is 12.4. The average molecular weight is 380 g/mol. The third-order valence-electron chi connectivity index (χ3n) is 5.63. The lowest BCUT2D eigenvalue weighted by Crippen LogP contribution is -2.40. The zero-order valence-electron chi connectivity index (χ0n) is 15.2. The van der Waals surface area contributed by atoms with Crippen LogP contribution in [0.15, 0.2) is 24.3 Å². The lowest BCUT2D eigenvalue weighted by Gasteiger charge is -2.28. The molecule has 2 amide bonds. The molecular formula is C20H30ClN3O2. The smallest absolute Gasteiger partial charge is 0.227 e. The minimum absolute atomic E-state index is 0. The molecule has 2 fully saturated rings. The van der Waals surface area contributed by atoms with Gasteiger partial charge in [0.05, 0.1) is 11.4 Å². The number of carbonyl (C=O) groups is 2. The van der Waals surface area contributed by atoms with Crippen LogP contribution in [0.1, 0.15) is 57.8 Å². The van der Waals surface area contributed by atoms with Crippen LogP contribution < -0.4 is 16.4 Å². The molecule has 6 heteroatoms. The van der Waals surface area contributed by atoms with Gasteiger partial charge in [-0.05, 0) is 56.6 Å². The van der Waals surface area contributed by atoms with Crippen molar-refractivity contribution in [1.29, 1.82) is 0 Å². The van der Waals surface area contributed by atoms with Crippen LogP contribution >= 0.6 is 12.4 Å². The van der Waals surface area contributed by atoms with E-state index in [1.54, 1.807) is 6.07 Å². The first-order valence-corrected chi connectivity index (χ1v) is 9.56. The van der Waals surface area contributed by atoms with E-state index in [0.29, 0.717) is 23.7 Å². The van der Waals surface area contributed by atoms with E-state index < -0.39 is 0 Å². The highest BCUT2D eigenvalue weighted by Gasteiger charge is 2.28. The van der Waals surface area contributed by atoms with Crippen molar-refractivity contribution in [3.05, 3.63) is 24.3 Å². The molecular weight excluding hydrogens is 350 g/mol. The number of benzene rings is 1. The zero-order chi connectivity index (χ0) is 17.6. The number of anilines is 2. The third-order valence-corrected chi connectivity index (χ3v) is 5.63. The predicted octanol–water partition coefficient (Wildman–Crippen LogP) is 3.88. The second kappa shape index (κ2) is 9.81. The standard InChI is InChI=1S/C20H29N3O2.ClH/c21-17-7-3-4-8-18(17)23-20(25)15-9-11-16(12-10-15)22-19(24)13-14-5-1-2-6-14;/h3-4,7-8,14-16H,1-2,5-6,9-13,21H2,(H,22,24)(H,23,25);1H. The van der Waals surface area contributed by atoms with Crippen molar-refractivity contribution in [2.45, 2.75) is 63.8 Å². The van der Waals surface area contributed by atoms with E-state index in [4.69, 9.17) is 5.73 Å². The fraction of sp³-hybridized carbons (Fsp3) is 0.600. The molecule has 2 saturated carbocycles. The fourth-order valence-electron chi connectivity index (χ4n) is 4.11. The Morgan fingerprint density at radius 1 is 1.00 bits per heavy atom.